The van der Waals surface area contributed by atoms with Crippen LogP contribution in [0.2, 0.25) is 0 Å². The van der Waals surface area contributed by atoms with Gasteiger partial charge in [0.15, 0.2) is 0 Å². The molecule has 0 saturated heterocycles. The van der Waals surface area contributed by atoms with Crippen LogP contribution in [0.5, 0.6) is 0 Å². The highest BCUT2D eigenvalue weighted by Gasteiger charge is 2.72. The molecular formula is C19H18N2O3. The first-order valence-electron chi connectivity index (χ1n) is 8.04. The number of nitrogens with zero attached hydrogens (tertiary/aromatic N) is 2. The molecule has 1 heterocycles. The smallest absolute Gasteiger partial charge is 0.311 e. The summed E-state index contributed by atoms with van der Waals surface area (Å²) in [5.41, 5.74) is 2.97. The largest absolute Gasteiger partial charge is 0.469 e. The topological polar surface area (TPSA) is 72.1 Å². The number of fused-ring (bicyclic) bond motifs is 1. The summed E-state index contributed by atoms with van der Waals surface area (Å²) in [7, 11) is 1.44. The molecule has 3 fully saturated rings. The molecule has 0 aliphatic heterocycles. The highest BCUT2D eigenvalue weighted by atomic mass is 16.5. The van der Waals surface area contributed by atoms with Crippen molar-refractivity contribution in [3.63, 3.8) is 0 Å². The maximum atomic E-state index is 11.8. The highest BCUT2D eigenvalue weighted by molar-refractivity contribution is 5.92. The number of aldehydes is 1. The van der Waals surface area contributed by atoms with Crippen molar-refractivity contribution < 1.29 is 14.3 Å². The average Bonchev–Trinajstić information content (AvgIpc) is 2.87. The number of aromatic nitrogens is 1. The van der Waals surface area contributed by atoms with E-state index in [9.17, 15) is 14.9 Å². The number of ether oxygens (including phenoxy) is 1. The van der Waals surface area contributed by atoms with E-state index in [2.05, 4.69) is 6.07 Å². The van der Waals surface area contributed by atoms with Crippen molar-refractivity contribution in [1.29, 1.82) is 5.26 Å². The van der Waals surface area contributed by atoms with Gasteiger partial charge < -0.3 is 9.30 Å². The Morgan fingerprint density at radius 3 is 2.71 bits per heavy atom. The number of carbonyl (C=O) groups is 2. The van der Waals surface area contributed by atoms with Crippen LogP contribution in [0.1, 0.15) is 40.9 Å². The van der Waals surface area contributed by atoms with Crippen LogP contribution in [-0.2, 0) is 16.1 Å². The molecule has 3 aliphatic carbocycles. The first kappa shape index (κ1) is 14.9. The maximum Gasteiger partial charge on any atom is 0.311 e. The Bertz CT molecular complexity index is 912. The number of hydrogen-bond acceptors (Lipinski definition) is 4. The molecule has 3 saturated carbocycles. The fourth-order valence-electron chi connectivity index (χ4n) is 4.82. The van der Waals surface area contributed by atoms with Crippen LogP contribution in [0, 0.1) is 29.1 Å². The molecule has 5 heteroatoms. The summed E-state index contributed by atoms with van der Waals surface area (Å²) in [6, 6.07) is 7.84. The van der Waals surface area contributed by atoms with Gasteiger partial charge in [0.05, 0.1) is 12.5 Å². The standard InChI is InChI=1S/C19H18N2O3/c1-12-13(7-22)3-4-16-15(12)5-14(6-20)21(16)11-18-8-19(9-18,10-18)17(23)24-2/h3-5,7H,8-11H2,1-2H3. The Morgan fingerprint density at radius 1 is 1.42 bits per heavy atom. The van der Waals surface area contributed by atoms with Crippen molar-refractivity contribution >= 4 is 23.2 Å². The summed E-state index contributed by atoms with van der Waals surface area (Å²) >= 11 is 0. The monoisotopic (exact) mass is 322 g/mol. The quantitative estimate of drug-likeness (QED) is 0.641. The number of benzene rings is 1. The van der Waals surface area contributed by atoms with Crippen LogP contribution < -0.4 is 0 Å². The van der Waals surface area contributed by atoms with E-state index in [0.717, 1.165) is 48.6 Å². The minimum atomic E-state index is -0.273. The van der Waals surface area contributed by atoms with Crippen molar-refractivity contribution in [2.24, 2.45) is 10.8 Å². The lowest BCUT2D eigenvalue weighted by molar-refractivity contribution is -0.229. The molecule has 1 aromatic carbocycles. The third kappa shape index (κ3) is 1.74. The molecule has 2 bridgehead atoms. The van der Waals surface area contributed by atoms with E-state index >= 15 is 0 Å². The highest BCUT2D eigenvalue weighted by Crippen LogP contribution is 2.74. The van der Waals surface area contributed by atoms with Gasteiger partial charge in [-0.25, -0.2) is 0 Å². The van der Waals surface area contributed by atoms with Gasteiger partial charge in [-0.3, -0.25) is 9.59 Å². The van der Waals surface area contributed by atoms with E-state index in [1.165, 1.54) is 7.11 Å². The molecule has 5 nitrogen and oxygen atoms in total. The fourth-order valence-corrected chi connectivity index (χ4v) is 4.82. The minimum absolute atomic E-state index is 0.100. The van der Waals surface area contributed by atoms with Gasteiger partial charge in [0, 0.05) is 23.0 Å². The second kappa shape index (κ2) is 4.70. The Kier molecular flexibility index (Phi) is 2.93. The number of hydrogen-bond donors (Lipinski definition) is 0. The summed E-state index contributed by atoms with van der Waals surface area (Å²) in [5, 5.41) is 10.4. The maximum absolute atomic E-state index is 11.8. The molecule has 0 spiro atoms. The predicted molar refractivity (Wildman–Crippen MR) is 87.5 cm³/mol. The van der Waals surface area contributed by atoms with Crippen molar-refractivity contribution in [3.05, 3.63) is 35.0 Å². The van der Waals surface area contributed by atoms with Gasteiger partial charge in [-0.05, 0) is 55.4 Å². The van der Waals surface area contributed by atoms with E-state index in [4.69, 9.17) is 4.74 Å². The summed E-state index contributed by atoms with van der Waals surface area (Å²) in [4.78, 5) is 23.0. The first-order chi connectivity index (χ1) is 11.5. The number of rotatable bonds is 4. The number of methoxy groups -OCH3 is 1. The van der Waals surface area contributed by atoms with Crippen LogP contribution in [0.25, 0.3) is 10.9 Å². The predicted octanol–water partition coefficient (Wildman–Crippen LogP) is 2.98. The lowest BCUT2D eigenvalue weighted by Crippen LogP contribution is -2.67. The SMILES string of the molecule is COC(=O)C12CC(Cn3c(C#N)cc4c(C)c(C=O)ccc43)(C1)C2. The van der Waals surface area contributed by atoms with E-state index in [-0.39, 0.29) is 16.8 Å². The molecule has 5 rings (SSSR count). The zero-order valence-electron chi connectivity index (χ0n) is 13.8. The van der Waals surface area contributed by atoms with Crippen molar-refractivity contribution in [1.82, 2.24) is 4.57 Å². The summed E-state index contributed by atoms with van der Waals surface area (Å²) in [6.45, 7) is 2.64. The summed E-state index contributed by atoms with van der Waals surface area (Å²) in [6.07, 6.45) is 3.35. The van der Waals surface area contributed by atoms with E-state index in [1.807, 2.05) is 23.6 Å². The molecule has 0 atom stereocenters. The molecule has 3 aliphatic rings. The molecule has 0 N–H and O–H groups in total. The number of aryl methyl sites for hydroxylation is 1. The summed E-state index contributed by atoms with van der Waals surface area (Å²) in [5.74, 6) is -0.103. The Balaban J connectivity index is 1.69. The number of carbonyl (C=O) groups excluding carboxylic acids is 2. The Morgan fingerprint density at radius 2 is 2.12 bits per heavy atom. The molecule has 0 amide bonds. The minimum Gasteiger partial charge on any atom is -0.469 e. The first-order valence-corrected chi connectivity index (χ1v) is 8.04. The third-order valence-electron chi connectivity index (χ3n) is 5.89. The average molecular weight is 322 g/mol. The molecule has 24 heavy (non-hydrogen) atoms. The van der Waals surface area contributed by atoms with Gasteiger partial charge in [-0.1, -0.05) is 0 Å². The van der Waals surface area contributed by atoms with Crippen molar-refractivity contribution in [2.75, 3.05) is 7.11 Å². The van der Waals surface area contributed by atoms with Crippen LogP contribution in [-0.4, -0.2) is 23.9 Å². The normalized spacial score (nSPS) is 27.0. The second-order valence-corrected chi connectivity index (χ2v) is 7.36. The lowest BCUT2D eigenvalue weighted by Gasteiger charge is -2.68. The summed E-state index contributed by atoms with van der Waals surface area (Å²) < 4.78 is 6.94. The lowest BCUT2D eigenvalue weighted by atomic mass is 9.35. The molecular weight excluding hydrogens is 304 g/mol. The molecule has 0 unspecified atom stereocenters. The van der Waals surface area contributed by atoms with Gasteiger partial charge in [0.2, 0.25) is 0 Å². The third-order valence-corrected chi connectivity index (χ3v) is 5.89. The Labute approximate surface area is 139 Å². The molecule has 122 valence electrons. The van der Waals surface area contributed by atoms with Gasteiger partial charge in [-0.15, -0.1) is 0 Å². The van der Waals surface area contributed by atoms with E-state index in [1.54, 1.807) is 6.07 Å². The van der Waals surface area contributed by atoms with Gasteiger partial charge >= 0.3 is 5.97 Å². The van der Waals surface area contributed by atoms with Gasteiger partial charge in [-0.2, -0.15) is 5.26 Å². The molecule has 0 radical (unpaired) electrons. The van der Waals surface area contributed by atoms with Crippen LogP contribution in [0.4, 0.5) is 0 Å². The van der Waals surface area contributed by atoms with Crippen molar-refractivity contribution in [3.8, 4) is 6.07 Å². The fraction of sp³-hybridized carbons (Fsp3) is 0.421. The zero-order valence-corrected chi connectivity index (χ0v) is 13.8. The zero-order chi connectivity index (χ0) is 17.1. The second-order valence-electron chi connectivity index (χ2n) is 7.36. The van der Waals surface area contributed by atoms with Crippen molar-refractivity contribution in [2.45, 2.75) is 32.7 Å². The van der Waals surface area contributed by atoms with Crippen LogP contribution in [0.3, 0.4) is 0 Å². The molecule has 1 aromatic heterocycles. The van der Waals surface area contributed by atoms with E-state index in [0.29, 0.717) is 11.3 Å². The number of nitriles is 1. The number of esters is 1. The van der Waals surface area contributed by atoms with Crippen LogP contribution in [0.15, 0.2) is 18.2 Å². The van der Waals surface area contributed by atoms with Gasteiger partial charge in [0.1, 0.15) is 18.0 Å². The molecule has 2 aromatic rings. The van der Waals surface area contributed by atoms with E-state index < -0.39 is 0 Å². The Hall–Kier alpha value is -2.61. The van der Waals surface area contributed by atoms with Crippen LogP contribution >= 0.6 is 0 Å². The van der Waals surface area contributed by atoms with Gasteiger partial charge in [0.25, 0.3) is 0 Å².